The summed E-state index contributed by atoms with van der Waals surface area (Å²) in [7, 11) is 1.60. The molecule has 6 heteroatoms. The summed E-state index contributed by atoms with van der Waals surface area (Å²) in [6.07, 6.45) is 2.13. The first-order chi connectivity index (χ1) is 9.06. The molecule has 108 valence electrons. The normalized spacial score (nSPS) is 12.9. The van der Waals surface area contributed by atoms with E-state index in [-0.39, 0.29) is 11.7 Å². The summed E-state index contributed by atoms with van der Waals surface area (Å²) < 4.78 is 7.17. The van der Waals surface area contributed by atoms with Crippen molar-refractivity contribution in [1.29, 1.82) is 0 Å². The first-order valence-electron chi connectivity index (χ1n) is 6.49. The van der Waals surface area contributed by atoms with Crippen LogP contribution in [-0.2, 0) is 11.3 Å². The van der Waals surface area contributed by atoms with E-state index in [4.69, 9.17) is 4.74 Å². The summed E-state index contributed by atoms with van der Waals surface area (Å²) in [4.78, 5) is 12.4. The lowest BCUT2D eigenvalue weighted by molar-refractivity contribution is 0.0573. The van der Waals surface area contributed by atoms with Gasteiger partial charge in [0.2, 0.25) is 5.78 Å². The van der Waals surface area contributed by atoms with E-state index in [1.165, 1.54) is 0 Å². The molecule has 0 fully saturated rings. The van der Waals surface area contributed by atoms with Gasteiger partial charge in [-0.3, -0.25) is 9.48 Å². The van der Waals surface area contributed by atoms with Gasteiger partial charge in [0, 0.05) is 7.11 Å². The van der Waals surface area contributed by atoms with Crippen LogP contribution in [0.5, 0.6) is 0 Å². The molecule has 1 aromatic rings. The molecular weight excluding hydrogens is 312 g/mol. The van der Waals surface area contributed by atoms with Gasteiger partial charge in [0.1, 0.15) is 11.8 Å². The molecule has 0 amide bonds. The molecule has 0 aliphatic heterocycles. The monoisotopic (exact) mass is 332 g/mol. The highest BCUT2D eigenvalue weighted by Gasteiger charge is 2.28. The van der Waals surface area contributed by atoms with E-state index in [1.807, 2.05) is 13.8 Å². The van der Waals surface area contributed by atoms with E-state index in [2.05, 4.69) is 21.0 Å². The Labute approximate surface area is 122 Å². The molecule has 0 saturated heterocycles. The molecule has 1 heterocycles. The van der Waals surface area contributed by atoms with Gasteiger partial charge in [0.25, 0.3) is 0 Å². The summed E-state index contributed by atoms with van der Waals surface area (Å²) in [6.45, 7) is 4.90. The first-order valence-corrected chi connectivity index (χ1v) is 7.28. The molecule has 0 saturated carbocycles. The molecule has 0 aromatic carbocycles. The van der Waals surface area contributed by atoms with E-state index in [1.54, 1.807) is 18.0 Å². The number of nitrogens with zero attached hydrogens (tertiary/aromatic N) is 2. The maximum Gasteiger partial charge on any atom is 0.210 e. The second-order valence-electron chi connectivity index (χ2n) is 4.44. The van der Waals surface area contributed by atoms with Crippen molar-refractivity contribution in [3.05, 3.63) is 16.4 Å². The van der Waals surface area contributed by atoms with Gasteiger partial charge < -0.3 is 9.84 Å². The molecule has 0 radical (unpaired) electrons. The van der Waals surface area contributed by atoms with E-state index < -0.39 is 6.10 Å². The Morgan fingerprint density at radius 1 is 1.53 bits per heavy atom. The molecule has 0 bridgehead atoms. The number of rotatable bonds is 8. The molecule has 19 heavy (non-hydrogen) atoms. The highest BCUT2D eigenvalue weighted by molar-refractivity contribution is 9.10. The Hall–Kier alpha value is -0.720. The van der Waals surface area contributed by atoms with Crippen molar-refractivity contribution in [3.63, 3.8) is 0 Å². The number of hydrogen-bond acceptors (Lipinski definition) is 4. The number of halogens is 1. The van der Waals surface area contributed by atoms with Crippen molar-refractivity contribution >= 4 is 21.7 Å². The number of Topliss-reactive ketones (excluding diaryl/α,β-unsaturated/α-hetero) is 1. The fourth-order valence-electron chi connectivity index (χ4n) is 2.04. The minimum Gasteiger partial charge on any atom is -0.385 e. The van der Waals surface area contributed by atoms with Gasteiger partial charge in [-0.15, -0.1) is 0 Å². The third-order valence-electron chi connectivity index (χ3n) is 3.30. The van der Waals surface area contributed by atoms with Gasteiger partial charge in [-0.05, 0) is 21.8 Å². The Bertz CT molecular complexity index is 416. The first kappa shape index (κ1) is 16.3. The van der Waals surface area contributed by atoms with Gasteiger partial charge in [-0.2, -0.15) is 5.10 Å². The van der Waals surface area contributed by atoms with Crippen LogP contribution in [-0.4, -0.2) is 40.5 Å². The van der Waals surface area contributed by atoms with Gasteiger partial charge in [0.05, 0.1) is 23.8 Å². The number of aliphatic hydroxyl groups excluding tert-OH is 1. The Morgan fingerprint density at radius 2 is 2.16 bits per heavy atom. The number of carbonyl (C=O) groups is 1. The maximum atomic E-state index is 12.4. The number of methoxy groups -OCH3 is 1. The number of hydrogen-bond donors (Lipinski definition) is 1. The number of aromatic nitrogens is 2. The van der Waals surface area contributed by atoms with E-state index in [0.29, 0.717) is 23.3 Å². The van der Waals surface area contributed by atoms with Crippen LogP contribution >= 0.6 is 15.9 Å². The van der Waals surface area contributed by atoms with Crippen LogP contribution in [0.4, 0.5) is 0 Å². The summed E-state index contributed by atoms with van der Waals surface area (Å²) in [5.74, 6) is -0.306. The third kappa shape index (κ3) is 3.87. The third-order valence-corrected chi connectivity index (χ3v) is 3.88. The number of aliphatic hydroxyl groups is 1. The molecule has 5 nitrogen and oxygen atoms in total. The van der Waals surface area contributed by atoms with Crippen LogP contribution in [0.3, 0.4) is 0 Å². The SMILES string of the molecule is CCC(CC)C(O)C(=O)c1c(Br)cnn1CCOC. The second kappa shape index (κ2) is 7.77. The molecule has 0 aliphatic rings. The maximum absolute atomic E-state index is 12.4. The van der Waals surface area contributed by atoms with E-state index in [9.17, 15) is 9.90 Å². The fourth-order valence-corrected chi connectivity index (χ4v) is 2.54. The molecule has 0 aliphatic carbocycles. The molecule has 1 rings (SSSR count). The average molecular weight is 333 g/mol. The zero-order chi connectivity index (χ0) is 14.4. The van der Waals surface area contributed by atoms with Crippen molar-refractivity contribution < 1.29 is 14.6 Å². The lowest BCUT2D eigenvalue weighted by Gasteiger charge is -2.19. The van der Waals surface area contributed by atoms with Crippen LogP contribution in [0.1, 0.15) is 37.2 Å². The minimum absolute atomic E-state index is 0.0230. The predicted molar refractivity (Wildman–Crippen MR) is 76.2 cm³/mol. The molecule has 1 atom stereocenters. The Balaban J connectivity index is 2.94. The van der Waals surface area contributed by atoms with Gasteiger partial charge >= 0.3 is 0 Å². The topological polar surface area (TPSA) is 64.3 Å². The largest absolute Gasteiger partial charge is 0.385 e. The van der Waals surface area contributed by atoms with Crippen LogP contribution in [0.2, 0.25) is 0 Å². The summed E-state index contributed by atoms with van der Waals surface area (Å²) >= 11 is 3.31. The zero-order valence-electron chi connectivity index (χ0n) is 11.6. The van der Waals surface area contributed by atoms with Crippen molar-refractivity contribution in [3.8, 4) is 0 Å². The van der Waals surface area contributed by atoms with Gasteiger partial charge in [0.15, 0.2) is 0 Å². The van der Waals surface area contributed by atoms with Gasteiger partial charge in [-0.25, -0.2) is 0 Å². The number of ether oxygens (including phenoxy) is 1. The molecule has 1 aromatic heterocycles. The second-order valence-corrected chi connectivity index (χ2v) is 5.30. The molecule has 1 N–H and O–H groups in total. The lowest BCUT2D eigenvalue weighted by Crippen LogP contribution is -2.31. The van der Waals surface area contributed by atoms with Crippen LogP contribution in [0, 0.1) is 5.92 Å². The Kier molecular flexibility index (Phi) is 6.68. The van der Waals surface area contributed by atoms with Crippen LogP contribution in [0.25, 0.3) is 0 Å². The van der Waals surface area contributed by atoms with Crippen LogP contribution < -0.4 is 0 Å². The van der Waals surface area contributed by atoms with Crippen LogP contribution in [0.15, 0.2) is 10.7 Å². The lowest BCUT2D eigenvalue weighted by atomic mass is 9.92. The smallest absolute Gasteiger partial charge is 0.210 e. The van der Waals surface area contributed by atoms with Gasteiger partial charge in [-0.1, -0.05) is 26.7 Å². The number of ketones is 1. The summed E-state index contributed by atoms with van der Waals surface area (Å²) in [6, 6.07) is 0. The van der Waals surface area contributed by atoms with E-state index >= 15 is 0 Å². The molecular formula is C13H21BrN2O3. The average Bonchev–Trinajstić information content (AvgIpc) is 2.77. The predicted octanol–water partition coefficient (Wildman–Crippen LogP) is 2.27. The Morgan fingerprint density at radius 3 is 2.68 bits per heavy atom. The summed E-state index contributed by atoms with van der Waals surface area (Å²) in [5.41, 5.74) is 0.413. The number of carbonyl (C=O) groups excluding carboxylic acids is 1. The quantitative estimate of drug-likeness (QED) is 0.741. The molecule has 1 unspecified atom stereocenters. The standard InChI is InChI=1S/C13H21BrN2O3/c1-4-9(5-2)12(17)13(18)11-10(14)8-15-16(11)6-7-19-3/h8-9,12,17H,4-7H2,1-3H3. The molecule has 0 spiro atoms. The fraction of sp³-hybridized carbons (Fsp3) is 0.692. The highest BCUT2D eigenvalue weighted by atomic mass is 79.9. The van der Waals surface area contributed by atoms with Crippen molar-refractivity contribution in [2.45, 2.75) is 39.3 Å². The zero-order valence-corrected chi connectivity index (χ0v) is 13.2. The van der Waals surface area contributed by atoms with Crippen molar-refractivity contribution in [2.75, 3.05) is 13.7 Å². The van der Waals surface area contributed by atoms with E-state index in [0.717, 1.165) is 12.8 Å². The highest BCUT2D eigenvalue weighted by Crippen LogP contribution is 2.22. The van der Waals surface area contributed by atoms with Crippen molar-refractivity contribution in [2.24, 2.45) is 5.92 Å². The van der Waals surface area contributed by atoms with Crippen molar-refractivity contribution in [1.82, 2.24) is 9.78 Å². The minimum atomic E-state index is -0.982. The summed E-state index contributed by atoms with van der Waals surface area (Å²) in [5, 5.41) is 14.3.